The molecule has 15 heavy (non-hydrogen) atoms. The van der Waals surface area contributed by atoms with Crippen molar-refractivity contribution in [3.63, 3.8) is 0 Å². The van der Waals surface area contributed by atoms with Gasteiger partial charge in [0.05, 0.1) is 5.75 Å². The van der Waals surface area contributed by atoms with Gasteiger partial charge in [0.2, 0.25) is 0 Å². The van der Waals surface area contributed by atoms with Gasteiger partial charge in [-0.05, 0) is 31.1 Å². The second-order valence-corrected chi connectivity index (χ2v) is 7.57. The van der Waals surface area contributed by atoms with Crippen LogP contribution in [0.2, 0.25) is 0 Å². The van der Waals surface area contributed by atoms with Gasteiger partial charge in [0.25, 0.3) is 0 Å². The van der Waals surface area contributed by atoms with E-state index in [0.29, 0.717) is 11.8 Å². The summed E-state index contributed by atoms with van der Waals surface area (Å²) in [5.41, 5.74) is 0.0934. The third-order valence-corrected chi connectivity index (χ3v) is 4.78. The molecule has 0 heterocycles. The molecule has 1 N–H and O–H groups in total. The van der Waals surface area contributed by atoms with Gasteiger partial charge in [-0.3, -0.25) is 0 Å². The molecule has 0 saturated heterocycles. The Bertz CT molecular complexity index is 313. The van der Waals surface area contributed by atoms with E-state index in [9.17, 15) is 8.42 Å². The van der Waals surface area contributed by atoms with Gasteiger partial charge in [0, 0.05) is 18.8 Å². The Morgan fingerprint density at radius 2 is 1.87 bits per heavy atom. The smallest absolute Gasteiger partial charge is 0.148 e. The quantitative estimate of drug-likeness (QED) is 0.777. The van der Waals surface area contributed by atoms with Crippen molar-refractivity contribution in [1.82, 2.24) is 5.32 Å². The minimum absolute atomic E-state index is 0.0934. The number of hydrogen-bond donors (Lipinski definition) is 1. The normalized spacial score (nSPS) is 25.7. The number of nitrogens with one attached hydrogen (secondary N) is 1. The summed E-state index contributed by atoms with van der Waals surface area (Å²) < 4.78 is 22.5. The fourth-order valence-electron chi connectivity index (χ4n) is 2.60. The molecular formula is C11H21NO2S. The molecule has 88 valence electrons. The lowest BCUT2D eigenvalue weighted by Crippen LogP contribution is -2.35. The maximum Gasteiger partial charge on any atom is 0.148 e. The van der Waals surface area contributed by atoms with E-state index >= 15 is 0 Å². The van der Waals surface area contributed by atoms with Crippen LogP contribution in [0.25, 0.3) is 0 Å². The average Bonchev–Trinajstić information content (AvgIpc) is 2.66. The van der Waals surface area contributed by atoms with Gasteiger partial charge >= 0.3 is 0 Å². The lowest BCUT2D eigenvalue weighted by atomic mass is 10.1. The van der Waals surface area contributed by atoms with E-state index in [0.717, 1.165) is 19.4 Å². The lowest BCUT2D eigenvalue weighted by Gasteiger charge is -2.18. The summed E-state index contributed by atoms with van der Waals surface area (Å²) in [5, 5.41) is 3.54. The molecular weight excluding hydrogens is 210 g/mol. The van der Waals surface area contributed by atoms with Crippen LogP contribution in [0.3, 0.4) is 0 Å². The van der Waals surface area contributed by atoms with Crippen molar-refractivity contribution < 1.29 is 8.42 Å². The zero-order valence-corrected chi connectivity index (χ0v) is 10.3. The minimum atomic E-state index is -2.81. The molecule has 0 bridgehead atoms. The van der Waals surface area contributed by atoms with Crippen LogP contribution in [0.15, 0.2) is 0 Å². The highest BCUT2D eigenvalue weighted by Crippen LogP contribution is 2.46. The van der Waals surface area contributed by atoms with Crippen molar-refractivity contribution in [2.75, 3.05) is 18.6 Å². The molecule has 0 atom stereocenters. The third-order valence-electron chi connectivity index (χ3n) is 3.65. The fourth-order valence-corrected chi connectivity index (χ4v) is 4.10. The highest BCUT2D eigenvalue weighted by molar-refractivity contribution is 7.90. The van der Waals surface area contributed by atoms with Crippen LogP contribution in [0, 0.1) is 5.41 Å². The highest BCUT2D eigenvalue weighted by Gasteiger charge is 2.45. The van der Waals surface area contributed by atoms with Gasteiger partial charge in [0.1, 0.15) is 9.84 Å². The maximum atomic E-state index is 11.3. The average molecular weight is 231 g/mol. The van der Waals surface area contributed by atoms with Crippen molar-refractivity contribution in [1.29, 1.82) is 0 Å². The lowest BCUT2D eigenvalue weighted by molar-refractivity contribution is 0.435. The molecule has 2 saturated carbocycles. The Labute approximate surface area is 92.6 Å². The van der Waals surface area contributed by atoms with Crippen LogP contribution in [0.5, 0.6) is 0 Å². The van der Waals surface area contributed by atoms with Crippen molar-refractivity contribution in [3.8, 4) is 0 Å². The van der Waals surface area contributed by atoms with E-state index in [1.54, 1.807) is 0 Å². The molecule has 0 unspecified atom stereocenters. The largest absolute Gasteiger partial charge is 0.313 e. The van der Waals surface area contributed by atoms with Gasteiger partial charge in [-0.25, -0.2) is 8.42 Å². The summed E-state index contributed by atoms with van der Waals surface area (Å²) in [5.74, 6) is 0.375. The molecule has 2 aliphatic carbocycles. The summed E-state index contributed by atoms with van der Waals surface area (Å²) >= 11 is 0. The Hall–Kier alpha value is -0.0900. The number of rotatable bonds is 5. The van der Waals surface area contributed by atoms with Gasteiger partial charge in [-0.2, -0.15) is 0 Å². The number of hydrogen-bond acceptors (Lipinski definition) is 3. The van der Waals surface area contributed by atoms with E-state index in [2.05, 4.69) is 5.32 Å². The Morgan fingerprint density at radius 1 is 1.27 bits per heavy atom. The number of sulfone groups is 1. The van der Waals surface area contributed by atoms with E-state index in [1.807, 2.05) is 0 Å². The van der Waals surface area contributed by atoms with E-state index < -0.39 is 9.84 Å². The molecule has 0 spiro atoms. The van der Waals surface area contributed by atoms with Crippen LogP contribution < -0.4 is 5.32 Å². The van der Waals surface area contributed by atoms with Crippen molar-refractivity contribution in [3.05, 3.63) is 0 Å². The van der Waals surface area contributed by atoms with Crippen LogP contribution in [-0.2, 0) is 9.84 Å². The highest BCUT2D eigenvalue weighted by atomic mass is 32.2. The molecule has 2 aliphatic rings. The van der Waals surface area contributed by atoms with Crippen molar-refractivity contribution in [2.24, 2.45) is 5.41 Å². The van der Waals surface area contributed by atoms with Gasteiger partial charge in [0.15, 0.2) is 0 Å². The molecule has 0 aromatic rings. The van der Waals surface area contributed by atoms with Crippen LogP contribution in [0.1, 0.15) is 38.5 Å². The zero-order chi connectivity index (χ0) is 10.9. The SMILES string of the molecule is CS(=O)(=O)CC1(CNC2CCCC2)CC1. The molecule has 0 aliphatic heterocycles. The minimum Gasteiger partial charge on any atom is -0.313 e. The third kappa shape index (κ3) is 3.45. The first-order chi connectivity index (χ1) is 6.99. The van der Waals surface area contributed by atoms with Crippen LogP contribution in [0.4, 0.5) is 0 Å². The van der Waals surface area contributed by atoms with Crippen LogP contribution in [-0.4, -0.2) is 33.0 Å². The zero-order valence-electron chi connectivity index (χ0n) is 9.46. The second kappa shape index (κ2) is 4.06. The first-order valence-electron chi connectivity index (χ1n) is 5.90. The monoisotopic (exact) mass is 231 g/mol. The molecule has 0 radical (unpaired) electrons. The fraction of sp³-hybridized carbons (Fsp3) is 1.00. The summed E-state index contributed by atoms with van der Waals surface area (Å²) in [6.07, 6.45) is 8.72. The van der Waals surface area contributed by atoms with Gasteiger partial charge in [-0.1, -0.05) is 12.8 Å². The molecule has 0 aromatic heterocycles. The molecule has 0 amide bonds. The summed E-state index contributed by atoms with van der Waals surface area (Å²) in [6, 6.07) is 0.655. The molecule has 2 fully saturated rings. The van der Waals surface area contributed by atoms with Gasteiger partial charge in [-0.15, -0.1) is 0 Å². The first-order valence-corrected chi connectivity index (χ1v) is 7.96. The Kier molecular flexibility index (Phi) is 3.08. The van der Waals surface area contributed by atoms with E-state index in [1.165, 1.54) is 31.9 Å². The Balaban J connectivity index is 1.78. The molecule has 0 aromatic carbocycles. The molecule has 2 rings (SSSR count). The standard InChI is InChI=1S/C11H21NO2S/c1-15(13,14)9-11(6-7-11)8-12-10-4-2-3-5-10/h10,12H,2-9H2,1H3. The predicted molar refractivity (Wildman–Crippen MR) is 61.6 cm³/mol. The summed E-state index contributed by atoms with van der Waals surface area (Å²) in [7, 11) is -2.81. The molecule has 3 nitrogen and oxygen atoms in total. The predicted octanol–water partition coefficient (Wildman–Crippen LogP) is 1.34. The second-order valence-electron chi connectivity index (χ2n) is 5.43. The van der Waals surface area contributed by atoms with Crippen molar-refractivity contribution >= 4 is 9.84 Å². The maximum absolute atomic E-state index is 11.3. The first kappa shape index (κ1) is 11.4. The van der Waals surface area contributed by atoms with E-state index in [-0.39, 0.29) is 5.41 Å². The van der Waals surface area contributed by atoms with Crippen molar-refractivity contribution in [2.45, 2.75) is 44.6 Å². The molecule has 4 heteroatoms. The summed E-state index contributed by atoms with van der Waals surface area (Å²) in [4.78, 5) is 0. The van der Waals surface area contributed by atoms with E-state index in [4.69, 9.17) is 0 Å². The Morgan fingerprint density at radius 3 is 2.33 bits per heavy atom. The van der Waals surface area contributed by atoms with Crippen LogP contribution >= 0.6 is 0 Å². The summed E-state index contributed by atoms with van der Waals surface area (Å²) in [6.45, 7) is 0.907. The topological polar surface area (TPSA) is 46.2 Å². The van der Waals surface area contributed by atoms with Gasteiger partial charge < -0.3 is 5.32 Å².